The van der Waals surface area contributed by atoms with Gasteiger partial charge < -0.3 is 10.6 Å². The number of carbonyl (C=O) groups excluding carboxylic acids is 1. The Bertz CT molecular complexity index is 410. The molecule has 0 spiro atoms. The fourth-order valence-electron chi connectivity index (χ4n) is 2.21. The summed E-state index contributed by atoms with van der Waals surface area (Å²) in [7, 11) is 0. The lowest BCUT2D eigenvalue weighted by atomic mass is 9.82. The molecule has 0 aliphatic carbocycles. The van der Waals surface area contributed by atoms with Gasteiger partial charge in [0.1, 0.15) is 5.01 Å². The van der Waals surface area contributed by atoms with Crippen LogP contribution in [0.3, 0.4) is 0 Å². The molecule has 1 saturated heterocycles. The molecule has 5 heteroatoms. The lowest BCUT2D eigenvalue weighted by Crippen LogP contribution is -2.48. The van der Waals surface area contributed by atoms with Crippen LogP contribution < -0.4 is 10.6 Å². The van der Waals surface area contributed by atoms with E-state index in [0.29, 0.717) is 6.54 Å². The summed E-state index contributed by atoms with van der Waals surface area (Å²) < 4.78 is 0. The first kappa shape index (κ1) is 13.5. The molecule has 2 rings (SSSR count). The number of aromatic nitrogens is 1. The summed E-state index contributed by atoms with van der Waals surface area (Å²) in [5, 5.41) is 7.30. The number of amides is 1. The van der Waals surface area contributed by atoms with Gasteiger partial charge in [0, 0.05) is 17.6 Å². The van der Waals surface area contributed by atoms with E-state index in [4.69, 9.17) is 0 Å². The van der Waals surface area contributed by atoms with Crippen molar-refractivity contribution >= 4 is 17.2 Å². The number of nitrogens with zero attached hydrogens (tertiary/aromatic N) is 1. The van der Waals surface area contributed by atoms with Crippen molar-refractivity contribution in [3.05, 3.63) is 16.1 Å². The van der Waals surface area contributed by atoms with E-state index in [1.807, 2.05) is 13.1 Å². The Balaban J connectivity index is 1.87. The topological polar surface area (TPSA) is 54.0 Å². The zero-order chi connectivity index (χ0) is 13.0. The van der Waals surface area contributed by atoms with Crippen LogP contribution in [0.25, 0.3) is 0 Å². The molecule has 0 radical (unpaired) electrons. The quantitative estimate of drug-likeness (QED) is 0.873. The second kappa shape index (κ2) is 5.80. The van der Waals surface area contributed by atoms with Gasteiger partial charge in [0.25, 0.3) is 0 Å². The molecule has 1 unspecified atom stereocenters. The minimum Gasteiger partial charge on any atom is -0.349 e. The van der Waals surface area contributed by atoms with Gasteiger partial charge in [-0.05, 0) is 32.7 Å². The van der Waals surface area contributed by atoms with Crippen molar-refractivity contribution in [3.63, 3.8) is 0 Å². The minimum atomic E-state index is -0.261. The molecule has 2 N–H and O–H groups in total. The third kappa shape index (κ3) is 3.09. The fourth-order valence-corrected chi connectivity index (χ4v) is 3.01. The molecule has 1 aliphatic rings. The van der Waals surface area contributed by atoms with Crippen molar-refractivity contribution in [2.45, 2.75) is 39.7 Å². The van der Waals surface area contributed by atoms with Crippen LogP contribution in [0.15, 0.2) is 6.20 Å². The molecule has 0 aromatic carbocycles. The van der Waals surface area contributed by atoms with Gasteiger partial charge in [-0.1, -0.05) is 6.92 Å². The Kier molecular flexibility index (Phi) is 4.35. The molecule has 18 heavy (non-hydrogen) atoms. The van der Waals surface area contributed by atoms with Crippen LogP contribution in [-0.2, 0) is 17.8 Å². The standard InChI is InChI=1S/C13H21N3OS/c1-3-10-7-15-11(18-10)8-16-12(17)13(2)5-4-6-14-9-13/h7,14H,3-6,8-9H2,1-2H3,(H,16,17). The van der Waals surface area contributed by atoms with Gasteiger partial charge in [0.05, 0.1) is 12.0 Å². The van der Waals surface area contributed by atoms with Gasteiger partial charge in [0.2, 0.25) is 5.91 Å². The fraction of sp³-hybridized carbons (Fsp3) is 0.692. The van der Waals surface area contributed by atoms with Crippen molar-refractivity contribution in [2.75, 3.05) is 13.1 Å². The van der Waals surface area contributed by atoms with E-state index >= 15 is 0 Å². The highest BCUT2D eigenvalue weighted by atomic mass is 32.1. The molecule has 1 aromatic heterocycles. The van der Waals surface area contributed by atoms with Crippen molar-refractivity contribution in [1.29, 1.82) is 0 Å². The third-order valence-corrected chi connectivity index (χ3v) is 4.64. The van der Waals surface area contributed by atoms with E-state index in [-0.39, 0.29) is 11.3 Å². The molecule has 1 aliphatic heterocycles. The Morgan fingerprint density at radius 1 is 1.67 bits per heavy atom. The molecule has 1 fully saturated rings. The van der Waals surface area contributed by atoms with Gasteiger partial charge >= 0.3 is 0 Å². The summed E-state index contributed by atoms with van der Waals surface area (Å²) in [6, 6.07) is 0. The Hall–Kier alpha value is -0.940. The summed E-state index contributed by atoms with van der Waals surface area (Å²) in [5.74, 6) is 0.142. The SMILES string of the molecule is CCc1cnc(CNC(=O)C2(C)CCCNC2)s1. The first-order chi connectivity index (χ1) is 8.64. The molecule has 1 aromatic rings. The van der Waals surface area contributed by atoms with Crippen LogP contribution in [0, 0.1) is 5.41 Å². The van der Waals surface area contributed by atoms with E-state index < -0.39 is 0 Å². The first-order valence-corrected chi connectivity index (χ1v) is 7.38. The van der Waals surface area contributed by atoms with Crippen molar-refractivity contribution < 1.29 is 4.79 Å². The summed E-state index contributed by atoms with van der Waals surface area (Å²) in [5.41, 5.74) is -0.261. The van der Waals surface area contributed by atoms with Gasteiger partial charge in [-0.15, -0.1) is 11.3 Å². The van der Waals surface area contributed by atoms with Crippen LogP contribution in [0.4, 0.5) is 0 Å². The Morgan fingerprint density at radius 3 is 3.11 bits per heavy atom. The van der Waals surface area contributed by atoms with Gasteiger partial charge in [0.15, 0.2) is 0 Å². The number of nitrogens with one attached hydrogen (secondary N) is 2. The van der Waals surface area contributed by atoms with Crippen molar-refractivity contribution in [3.8, 4) is 0 Å². The molecule has 0 saturated carbocycles. The number of carbonyl (C=O) groups is 1. The Morgan fingerprint density at radius 2 is 2.50 bits per heavy atom. The second-order valence-corrected chi connectivity index (χ2v) is 6.30. The highest BCUT2D eigenvalue weighted by Gasteiger charge is 2.34. The average Bonchev–Trinajstić information content (AvgIpc) is 2.84. The van der Waals surface area contributed by atoms with Gasteiger partial charge in [-0.3, -0.25) is 4.79 Å². The number of aryl methyl sites for hydroxylation is 1. The monoisotopic (exact) mass is 267 g/mol. The highest BCUT2D eigenvalue weighted by molar-refractivity contribution is 7.11. The largest absolute Gasteiger partial charge is 0.349 e. The molecule has 100 valence electrons. The van der Waals surface area contributed by atoms with E-state index in [9.17, 15) is 4.79 Å². The highest BCUT2D eigenvalue weighted by Crippen LogP contribution is 2.25. The predicted molar refractivity (Wildman–Crippen MR) is 73.5 cm³/mol. The average molecular weight is 267 g/mol. The molecular weight excluding hydrogens is 246 g/mol. The molecule has 1 atom stereocenters. The minimum absolute atomic E-state index is 0.142. The van der Waals surface area contributed by atoms with E-state index in [2.05, 4.69) is 22.5 Å². The molecule has 4 nitrogen and oxygen atoms in total. The smallest absolute Gasteiger partial charge is 0.227 e. The molecule has 1 amide bonds. The molecule has 0 bridgehead atoms. The van der Waals surface area contributed by atoms with Crippen LogP contribution in [0.2, 0.25) is 0 Å². The first-order valence-electron chi connectivity index (χ1n) is 6.56. The van der Waals surface area contributed by atoms with Crippen LogP contribution >= 0.6 is 11.3 Å². The lowest BCUT2D eigenvalue weighted by Gasteiger charge is -2.32. The van der Waals surface area contributed by atoms with Crippen LogP contribution in [0.1, 0.15) is 36.6 Å². The van der Waals surface area contributed by atoms with Gasteiger partial charge in [-0.2, -0.15) is 0 Å². The summed E-state index contributed by atoms with van der Waals surface area (Å²) >= 11 is 1.68. The predicted octanol–water partition coefficient (Wildman–Crippen LogP) is 1.71. The zero-order valence-electron chi connectivity index (χ0n) is 11.1. The molecule has 2 heterocycles. The number of piperidine rings is 1. The Labute approximate surface area is 112 Å². The normalized spacial score (nSPS) is 23.9. The summed E-state index contributed by atoms with van der Waals surface area (Å²) in [4.78, 5) is 17.8. The van der Waals surface area contributed by atoms with E-state index in [0.717, 1.165) is 37.4 Å². The maximum atomic E-state index is 12.2. The summed E-state index contributed by atoms with van der Waals surface area (Å²) in [6.07, 6.45) is 4.94. The number of rotatable bonds is 4. The van der Waals surface area contributed by atoms with Crippen molar-refractivity contribution in [1.82, 2.24) is 15.6 Å². The second-order valence-electron chi connectivity index (χ2n) is 5.10. The number of hydrogen-bond donors (Lipinski definition) is 2. The maximum Gasteiger partial charge on any atom is 0.227 e. The zero-order valence-corrected chi connectivity index (χ0v) is 11.9. The molecular formula is C13H21N3OS. The number of thiazole rings is 1. The van der Waals surface area contributed by atoms with Gasteiger partial charge in [-0.25, -0.2) is 4.98 Å². The maximum absolute atomic E-state index is 12.2. The number of hydrogen-bond acceptors (Lipinski definition) is 4. The third-order valence-electron chi connectivity index (χ3n) is 3.50. The van der Waals surface area contributed by atoms with Crippen molar-refractivity contribution in [2.24, 2.45) is 5.41 Å². The van der Waals surface area contributed by atoms with E-state index in [1.54, 1.807) is 11.3 Å². The summed E-state index contributed by atoms with van der Waals surface area (Å²) in [6.45, 7) is 6.50. The van der Waals surface area contributed by atoms with E-state index in [1.165, 1.54) is 4.88 Å². The van der Waals surface area contributed by atoms with Crippen LogP contribution in [0.5, 0.6) is 0 Å². The van der Waals surface area contributed by atoms with Crippen LogP contribution in [-0.4, -0.2) is 24.0 Å². The lowest BCUT2D eigenvalue weighted by molar-refractivity contribution is -0.131.